The minimum Gasteiger partial charge on any atom is -0.361 e. The summed E-state index contributed by atoms with van der Waals surface area (Å²) in [7, 11) is 0. The van der Waals surface area contributed by atoms with Crippen LogP contribution in [0.3, 0.4) is 0 Å². The number of nitrogens with one attached hydrogen (secondary N) is 2. The molecule has 0 radical (unpaired) electrons. The lowest BCUT2D eigenvalue weighted by Gasteiger charge is -2.16. The van der Waals surface area contributed by atoms with Gasteiger partial charge in [0.2, 0.25) is 11.8 Å². The fourth-order valence-electron chi connectivity index (χ4n) is 3.68. The number of aromatic amines is 1. The lowest BCUT2D eigenvalue weighted by molar-refractivity contribution is -0.128. The predicted octanol–water partition coefficient (Wildman–Crippen LogP) is 3.51. The number of anilines is 1. The summed E-state index contributed by atoms with van der Waals surface area (Å²) in [6.45, 7) is 3.20. The molecular formula is C22H23N3O2. The monoisotopic (exact) mass is 361 g/mol. The fourth-order valence-corrected chi connectivity index (χ4v) is 3.68. The number of hydrogen-bond acceptors (Lipinski definition) is 2. The van der Waals surface area contributed by atoms with E-state index in [0.29, 0.717) is 13.1 Å². The van der Waals surface area contributed by atoms with Crippen LogP contribution in [0.5, 0.6) is 0 Å². The highest BCUT2D eigenvalue weighted by molar-refractivity contribution is 5.97. The number of benzene rings is 2. The highest BCUT2D eigenvalue weighted by Crippen LogP contribution is 2.23. The number of nitrogens with zero attached hydrogens (tertiary/aromatic N) is 1. The van der Waals surface area contributed by atoms with Gasteiger partial charge in [0.15, 0.2) is 0 Å². The second-order valence-corrected chi connectivity index (χ2v) is 7.21. The number of para-hydroxylation sites is 1. The molecule has 1 aromatic heterocycles. The lowest BCUT2D eigenvalue weighted by Crippen LogP contribution is -2.29. The maximum absolute atomic E-state index is 12.5. The van der Waals surface area contributed by atoms with E-state index in [4.69, 9.17) is 0 Å². The maximum Gasteiger partial charge on any atom is 0.229 e. The maximum atomic E-state index is 12.5. The first-order valence-corrected chi connectivity index (χ1v) is 9.30. The van der Waals surface area contributed by atoms with E-state index < -0.39 is 0 Å². The van der Waals surface area contributed by atoms with Gasteiger partial charge in [0.25, 0.3) is 0 Å². The molecule has 1 aliphatic rings. The molecule has 138 valence electrons. The minimum atomic E-state index is -0.289. The Labute approximate surface area is 158 Å². The Morgan fingerprint density at radius 1 is 1.22 bits per heavy atom. The highest BCUT2D eigenvalue weighted by Gasteiger charge is 2.34. The van der Waals surface area contributed by atoms with Crippen LogP contribution in [0.4, 0.5) is 5.69 Å². The van der Waals surface area contributed by atoms with Crippen LogP contribution in [0, 0.1) is 12.8 Å². The fraction of sp³-hybridized carbons (Fsp3) is 0.273. The molecule has 0 unspecified atom stereocenters. The van der Waals surface area contributed by atoms with Crippen molar-refractivity contribution in [3.63, 3.8) is 0 Å². The van der Waals surface area contributed by atoms with Gasteiger partial charge in [-0.15, -0.1) is 0 Å². The van der Waals surface area contributed by atoms with Gasteiger partial charge < -0.3 is 15.2 Å². The van der Waals surface area contributed by atoms with E-state index in [1.165, 1.54) is 16.5 Å². The number of rotatable bonds is 5. The average molecular weight is 361 g/mol. The number of carbonyl (C=O) groups is 2. The van der Waals surface area contributed by atoms with Crippen molar-refractivity contribution in [3.8, 4) is 0 Å². The lowest BCUT2D eigenvalue weighted by atomic mass is 10.1. The van der Waals surface area contributed by atoms with Gasteiger partial charge in [-0.2, -0.15) is 0 Å². The van der Waals surface area contributed by atoms with Crippen LogP contribution in [-0.2, 0) is 16.0 Å². The molecule has 0 bridgehead atoms. The van der Waals surface area contributed by atoms with Crippen molar-refractivity contribution in [2.75, 3.05) is 18.4 Å². The summed E-state index contributed by atoms with van der Waals surface area (Å²) in [5.41, 5.74) is 4.31. The van der Waals surface area contributed by atoms with Crippen LogP contribution in [0.25, 0.3) is 10.9 Å². The van der Waals surface area contributed by atoms with Gasteiger partial charge in [-0.05, 0) is 43.2 Å². The summed E-state index contributed by atoms with van der Waals surface area (Å²) in [6, 6.07) is 15.7. The van der Waals surface area contributed by atoms with Gasteiger partial charge in [0, 0.05) is 42.3 Å². The Kier molecular flexibility index (Phi) is 4.67. The molecule has 2 amide bonds. The van der Waals surface area contributed by atoms with Crippen LogP contribution >= 0.6 is 0 Å². The highest BCUT2D eigenvalue weighted by atomic mass is 16.2. The van der Waals surface area contributed by atoms with Crippen molar-refractivity contribution in [1.29, 1.82) is 0 Å². The van der Waals surface area contributed by atoms with Gasteiger partial charge in [0.05, 0.1) is 5.92 Å². The third kappa shape index (κ3) is 3.72. The minimum absolute atomic E-state index is 0.0548. The number of likely N-dealkylation sites (tertiary alicyclic amines) is 1. The molecule has 1 fully saturated rings. The van der Waals surface area contributed by atoms with E-state index >= 15 is 0 Å². The molecule has 0 saturated carbocycles. The second-order valence-electron chi connectivity index (χ2n) is 7.21. The summed E-state index contributed by atoms with van der Waals surface area (Å²) < 4.78 is 0. The van der Waals surface area contributed by atoms with Gasteiger partial charge in [-0.25, -0.2) is 0 Å². The molecule has 5 nitrogen and oxygen atoms in total. The summed E-state index contributed by atoms with van der Waals surface area (Å²) in [5.74, 6) is -0.318. The molecule has 1 atom stereocenters. The van der Waals surface area contributed by atoms with Crippen molar-refractivity contribution < 1.29 is 9.59 Å². The molecule has 1 aliphatic heterocycles. The van der Waals surface area contributed by atoms with Crippen molar-refractivity contribution in [1.82, 2.24) is 9.88 Å². The van der Waals surface area contributed by atoms with E-state index in [9.17, 15) is 9.59 Å². The molecule has 0 spiro atoms. The predicted molar refractivity (Wildman–Crippen MR) is 106 cm³/mol. The van der Waals surface area contributed by atoms with Crippen molar-refractivity contribution in [2.45, 2.75) is 19.8 Å². The quantitative estimate of drug-likeness (QED) is 0.730. The summed E-state index contributed by atoms with van der Waals surface area (Å²) in [4.78, 5) is 29.9. The standard InChI is InChI=1S/C22H23N3O2/c1-15-7-8-20-19(11-15)16(13-23-20)9-10-25-14-17(12-21(25)26)22(27)24-18-5-3-2-4-6-18/h2-8,11,13,17,23H,9-10,12,14H2,1H3,(H,24,27)/t17-/m1/s1. The van der Waals surface area contributed by atoms with Gasteiger partial charge in [-0.1, -0.05) is 29.8 Å². The van der Waals surface area contributed by atoms with E-state index in [1.807, 2.05) is 41.4 Å². The number of carbonyl (C=O) groups excluding carboxylic acids is 2. The molecule has 4 rings (SSSR count). The first-order chi connectivity index (χ1) is 13.1. The normalized spacial score (nSPS) is 16.9. The van der Waals surface area contributed by atoms with Crippen LogP contribution in [0.15, 0.2) is 54.7 Å². The van der Waals surface area contributed by atoms with Crippen LogP contribution in [0.1, 0.15) is 17.5 Å². The number of H-pyrrole nitrogens is 1. The summed E-state index contributed by atoms with van der Waals surface area (Å²) in [6.07, 6.45) is 3.08. The molecule has 2 aromatic carbocycles. The number of fused-ring (bicyclic) bond motifs is 1. The molecule has 27 heavy (non-hydrogen) atoms. The Hall–Kier alpha value is -3.08. The first-order valence-electron chi connectivity index (χ1n) is 9.30. The van der Waals surface area contributed by atoms with Gasteiger partial charge in [-0.3, -0.25) is 9.59 Å². The topological polar surface area (TPSA) is 65.2 Å². The van der Waals surface area contributed by atoms with Gasteiger partial charge in [0.1, 0.15) is 0 Å². The van der Waals surface area contributed by atoms with Crippen LogP contribution < -0.4 is 5.32 Å². The third-order valence-electron chi connectivity index (χ3n) is 5.20. The summed E-state index contributed by atoms with van der Waals surface area (Å²) in [5, 5.41) is 4.11. The molecule has 1 saturated heterocycles. The molecular weight excluding hydrogens is 338 g/mol. The van der Waals surface area contributed by atoms with E-state index in [-0.39, 0.29) is 24.2 Å². The average Bonchev–Trinajstić information content (AvgIpc) is 3.24. The van der Waals surface area contributed by atoms with Crippen molar-refractivity contribution in [3.05, 3.63) is 65.9 Å². The second kappa shape index (κ2) is 7.27. The van der Waals surface area contributed by atoms with E-state index in [0.717, 1.165) is 17.6 Å². The zero-order valence-corrected chi connectivity index (χ0v) is 15.4. The SMILES string of the molecule is Cc1ccc2[nH]cc(CCN3C[C@H](C(=O)Nc4ccccc4)CC3=O)c2c1. The Bertz CT molecular complexity index is 978. The zero-order valence-electron chi connectivity index (χ0n) is 15.4. The van der Waals surface area contributed by atoms with Crippen molar-refractivity contribution >= 4 is 28.4 Å². The van der Waals surface area contributed by atoms with Crippen LogP contribution in [-0.4, -0.2) is 34.8 Å². The number of aromatic nitrogens is 1. The van der Waals surface area contributed by atoms with E-state index in [1.54, 1.807) is 0 Å². The zero-order chi connectivity index (χ0) is 18.8. The number of aryl methyl sites for hydroxylation is 1. The van der Waals surface area contributed by atoms with Crippen LogP contribution in [0.2, 0.25) is 0 Å². The van der Waals surface area contributed by atoms with Crippen molar-refractivity contribution in [2.24, 2.45) is 5.92 Å². The molecule has 5 heteroatoms. The number of hydrogen-bond donors (Lipinski definition) is 2. The smallest absolute Gasteiger partial charge is 0.229 e. The van der Waals surface area contributed by atoms with E-state index in [2.05, 4.69) is 35.4 Å². The Morgan fingerprint density at radius 2 is 2.04 bits per heavy atom. The Balaban J connectivity index is 1.38. The van der Waals surface area contributed by atoms with Gasteiger partial charge >= 0.3 is 0 Å². The third-order valence-corrected chi connectivity index (χ3v) is 5.20. The first kappa shape index (κ1) is 17.3. The largest absolute Gasteiger partial charge is 0.361 e. The molecule has 3 aromatic rings. The summed E-state index contributed by atoms with van der Waals surface area (Å²) >= 11 is 0. The number of amides is 2. The Morgan fingerprint density at radius 3 is 2.85 bits per heavy atom. The molecule has 2 heterocycles. The molecule has 0 aliphatic carbocycles. The molecule has 2 N–H and O–H groups in total.